The largest absolute Gasteiger partial charge is 0.330 e. The van der Waals surface area contributed by atoms with Crippen LogP contribution in [-0.2, 0) is 4.79 Å². The summed E-state index contributed by atoms with van der Waals surface area (Å²) in [6, 6.07) is 16.0. The van der Waals surface area contributed by atoms with Crippen LogP contribution in [0.2, 0.25) is 0 Å². The zero-order chi connectivity index (χ0) is 19.3. The van der Waals surface area contributed by atoms with E-state index >= 15 is 0 Å². The number of nitrogens with one attached hydrogen (secondary N) is 1. The summed E-state index contributed by atoms with van der Waals surface area (Å²) in [5.74, 6) is -0.151. The molecule has 0 spiro atoms. The van der Waals surface area contributed by atoms with Crippen molar-refractivity contribution in [3.63, 3.8) is 0 Å². The SMILES string of the molecule is O=C(CSc1nnc(Nc2cccc(F)c2)s1)N1CCC(c2ccccc2)=N1. The molecule has 1 aromatic heterocycles. The molecule has 0 saturated carbocycles. The highest BCUT2D eigenvalue weighted by Crippen LogP contribution is 2.28. The number of amides is 1. The lowest BCUT2D eigenvalue weighted by molar-refractivity contribution is -0.127. The number of anilines is 2. The van der Waals surface area contributed by atoms with E-state index in [-0.39, 0.29) is 17.5 Å². The fraction of sp³-hybridized carbons (Fsp3) is 0.158. The van der Waals surface area contributed by atoms with Gasteiger partial charge in [0.2, 0.25) is 5.13 Å². The van der Waals surface area contributed by atoms with Crippen molar-refractivity contribution in [3.05, 3.63) is 66.0 Å². The van der Waals surface area contributed by atoms with Gasteiger partial charge in [-0.15, -0.1) is 10.2 Å². The summed E-state index contributed by atoms with van der Waals surface area (Å²) in [4.78, 5) is 12.4. The number of benzene rings is 2. The molecule has 6 nitrogen and oxygen atoms in total. The molecule has 0 radical (unpaired) electrons. The smallest absolute Gasteiger partial charge is 0.253 e. The maximum Gasteiger partial charge on any atom is 0.253 e. The molecule has 0 saturated heterocycles. The van der Waals surface area contributed by atoms with E-state index in [1.54, 1.807) is 12.1 Å². The lowest BCUT2D eigenvalue weighted by Crippen LogP contribution is -2.25. The Bertz CT molecular complexity index is 1010. The van der Waals surface area contributed by atoms with Crippen LogP contribution in [0.5, 0.6) is 0 Å². The molecule has 0 unspecified atom stereocenters. The third-order valence-corrected chi connectivity index (χ3v) is 5.95. The van der Waals surface area contributed by atoms with Crippen molar-refractivity contribution < 1.29 is 9.18 Å². The minimum atomic E-state index is -0.323. The van der Waals surface area contributed by atoms with Crippen LogP contribution in [0.1, 0.15) is 12.0 Å². The van der Waals surface area contributed by atoms with Crippen molar-refractivity contribution in [2.24, 2.45) is 5.10 Å². The molecule has 0 aliphatic carbocycles. The Kier molecular flexibility index (Phi) is 5.63. The standard InChI is InChI=1S/C19H16FN5OS2/c20-14-7-4-8-15(11-14)21-18-22-23-19(28-18)27-12-17(26)25-10-9-16(24-25)13-5-2-1-3-6-13/h1-8,11H,9-10,12H2,(H,21,22). The molecule has 9 heteroatoms. The Hall–Kier alpha value is -2.78. The van der Waals surface area contributed by atoms with Gasteiger partial charge in [-0.05, 0) is 23.8 Å². The Morgan fingerprint density at radius 2 is 2.04 bits per heavy atom. The van der Waals surface area contributed by atoms with Crippen LogP contribution in [0.4, 0.5) is 15.2 Å². The van der Waals surface area contributed by atoms with Crippen LogP contribution in [0, 0.1) is 5.82 Å². The van der Waals surface area contributed by atoms with Gasteiger partial charge < -0.3 is 5.32 Å². The van der Waals surface area contributed by atoms with Gasteiger partial charge in [-0.1, -0.05) is 59.5 Å². The van der Waals surface area contributed by atoms with Gasteiger partial charge in [0.15, 0.2) is 4.34 Å². The number of hydrazone groups is 1. The van der Waals surface area contributed by atoms with Crippen LogP contribution < -0.4 is 5.32 Å². The summed E-state index contributed by atoms with van der Waals surface area (Å²) in [5, 5.41) is 17.6. The van der Waals surface area contributed by atoms with E-state index in [1.807, 2.05) is 30.3 Å². The molecule has 1 amide bonds. The van der Waals surface area contributed by atoms with Gasteiger partial charge in [0.1, 0.15) is 5.82 Å². The zero-order valence-corrected chi connectivity index (χ0v) is 16.3. The molecule has 1 N–H and O–H groups in total. The van der Waals surface area contributed by atoms with Crippen LogP contribution in [0.3, 0.4) is 0 Å². The second-order valence-electron chi connectivity index (χ2n) is 5.98. The van der Waals surface area contributed by atoms with Gasteiger partial charge in [0.05, 0.1) is 18.0 Å². The molecule has 2 aromatic carbocycles. The fourth-order valence-corrected chi connectivity index (χ4v) is 4.32. The first-order valence-corrected chi connectivity index (χ1v) is 10.4. The molecule has 3 aromatic rings. The molecule has 4 rings (SSSR count). The lowest BCUT2D eigenvalue weighted by Gasteiger charge is -2.09. The van der Waals surface area contributed by atoms with Gasteiger partial charge in [-0.2, -0.15) is 5.10 Å². The second-order valence-corrected chi connectivity index (χ2v) is 8.18. The summed E-state index contributed by atoms with van der Waals surface area (Å²) in [6.07, 6.45) is 0.751. The number of thioether (sulfide) groups is 1. The molecule has 0 atom stereocenters. The normalized spacial score (nSPS) is 13.5. The van der Waals surface area contributed by atoms with Crippen LogP contribution >= 0.6 is 23.1 Å². The van der Waals surface area contributed by atoms with Crippen molar-refractivity contribution in [2.45, 2.75) is 10.8 Å². The molecule has 2 heterocycles. The van der Waals surface area contributed by atoms with E-state index in [0.29, 0.717) is 21.7 Å². The third-order valence-electron chi connectivity index (χ3n) is 4.00. The highest BCUT2D eigenvalue weighted by molar-refractivity contribution is 8.01. The molecule has 142 valence electrons. The van der Waals surface area contributed by atoms with E-state index in [2.05, 4.69) is 20.6 Å². The molecular weight excluding hydrogens is 397 g/mol. The maximum absolute atomic E-state index is 13.2. The van der Waals surface area contributed by atoms with Gasteiger partial charge >= 0.3 is 0 Å². The number of rotatable bonds is 6. The topological polar surface area (TPSA) is 70.5 Å². The summed E-state index contributed by atoms with van der Waals surface area (Å²) in [6.45, 7) is 0.589. The van der Waals surface area contributed by atoms with Crippen molar-refractivity contribution in [2.75, 3.05) is 17.6 Å². The van der Waals surface area contributed by atoms with Gasteiger partial charge in [0, 0.05) is 12.1 Å². The lowest BCUT2D eigenvalue weighted by atomic mass is 10.1. The minimum absolute atomic E-state index is 0.0641. The van der Waals surface area contributed by atoms with E-state index in [0.717, 1.165) is 17.7 Å². The number of hydrogen-bond donors (Lipinski definition) is 1. The highest BCUT2D eigenvalue weighted by atomic mass is 32.2. The quantitative estimate of drug-likeness (QED) is 0.615. The van der Waals surface area contributed by atoms with E-state index in [9.17, 15) is 9.18 Å². The Morgan fingerprint density at radius 1 is 1.18 bits per heavy atom. The van der Waals surface area contributed by atoms with Crippen LogP contribution in [0.15, 0.2) is 64.0 Å². The summed E-state index contributed by atoms with van der Waals surface area (Å²) < 4.78 is 13.9. The second kappa shape index (κ2) is 8.49. The first kappa shape index (κ1) is 18.6. The minimum Gasteiger partial charge on any atom is -0.330 e. The number of carbonyl (C=O) groups excluding carboxylic acids is 1. The van der Waals surface area contributed by atoms with E-state index in [1.165, 1.54) is 40.2 Å². The van der Waals surface area contributed by atoms with Crippen molar-refractivity contribution in [3.8, 4) is 0 Å². The van der Waals surface area contributed by atoms with Gasteiger partial charge in [0.25, 0.3) is 5.91 Å². The van der Waals surface area contributed by atoms with Gasteiger partial charge in [-0.3, -0.25) is 4.79 Å². The Labute approximate surface area is 169 Å². The van der Waals surface area contributed by atoms with E-state index in [4.69, 9.17) is 0 Å². The summed E-state index contributed by atoms with van der Waals surface area (Å²) in [7, 11) is 0. The number of carbonyl (C=O) groups is 1. The number of nitrogens with zero attached hydrogens (tertiary/aromatic N) is 4. The molecular formula is C19H16FN5OS2. The molecule has 28 heavy (non-hydrogen) atoms. The maximum atomic E-state index is 13.2. The van der Waals surface area contributed by atoms with Crippen molar-refractivity contribution in [1.29, 1.82) is 0 Å². The highest BCUT2D eigenvalue weighted by Gasteiger charge is 2.22. The summed E-state index contributed by atoms with van der Waals surface area (Å²) in [5.41, 5.74) is 2.57. The van der Waals surface area contributed by atoms with Gasteiger partial charge in [-0.25, -0.2) is 9.40 Å². The predicted molar refractivity (Wildman–Crippen MR) is 110 cm³/mol. The predicted octanol–water partition coefficient (Wildman–Crippen LogP) is 4.15. The van der Waals surface area contributed by atoms with Crippen LogP contribution in [0.25, 0.3) is 0 Å². The first-order valence-electron chi connectivity index (χ1n) is 8.59. The van der Waals surface area contributed by atoms with Crippen LogP contribution in [-0.4, -0.2) is 39.1 Å². The van der Waals surface area contributed by atoms with E-state index < -0.39 is 0 Å². The molecule has 0 bridgehead atoms. The fourth-order valence-electron chi connectivity index (χ4n) is 2.68. The van der Waals surface area contributed by atoms with Crippen molar-refractivity contribution in [1.82, 2.24) is 15.2 Å². The number of hydrogen-bond acceptors (Lipinski definition) is 7. The molecule has 1 aliphatic heterocycles. The summed E-state index contributed by atoms with van der Waals surface area (Å²) >= 11 is 2.63. The average molecular weight is 414 g/mol. The zero-order valence-electron chi connectivity index (χ0n) is 14.7. The number of halogens is 1. The Balaban J connectivity index is 1.32. The Morgan fingerprint density at radius 3 is 2.86 bits per heavy atom. The number of aromatic nitrogens is 2. The third kappa shape index (κ3) is 4.55. The monoisotopic (exact) mass is 413 g/mol. The average Bonchev–Trinajstić information content (AvgIpc) is 3.37. The molecule has 0 fully saturated rings. The van der Waals surface area contributed by atoms with Crippen molar-refractivity contribution >= 4 is 45.5 Å². The first-order chi connectivity index (χ1) is 13.7. The molecule has 1 aliphatic rings.